The third kappa shape index (κ3) is 5.28. The van der Waals surface area contributed by atoms with Crippen molar-refractivity contribution < 1.29 is 4.74 Å². The van der Waals surface area contributed by atoms with E-state index in [1.54, 1.807) is 0 Å². The summed E-state index contributed by atoms with van der Waals surface area (Å²) in [5, 5.41) is 3.49. The molecule has 0 aromatic carbocycles. The van der Waals surface area contributed by atoms with Crippen molar-refractivity contribution in [2.75, 3.05) is 32.8 Å². The molecule has 0 aromatic heterocycles. The summed E-state index contributed by atoms with van der Waals surface area (Å²) < 4.78 is 5.76. The zero-order valence-electron chi connectivity index (χ0n) is 11.3. The molecule has 0 amide bonds. The first-order valence-electron chi connectivity index (χ1n) is 6.66. The molecule has 1 rings (SSSR count). The van der Waals surface area contributed by atoms with E-state index in [4.69, 9.17) is 4.74 Å². The van der Waals surface area contributed by atoms with Crippen LogP contribution in [-0.2, 0) is 4.74 Å². The van der Waals surface area contributed by atoms with Gasteiger partial charge < -0.3 is 10.1 Å². The average Bonchev–Trinajstić information content (AvgIpc) is 2.24. The summed E-state index contributed by atoms with van der Waals surface area (Å²) in [6.45, 7) is 14.2. The Morgan fingerprint density at radius 3 is 2.69 bits per heavy atom. The Hall–Kier alpha value is -0.120. The van der Waals surface area contributed by atoms with Gasteiger partial charge in [0.1, 0.15) is 0 Å². The molecule has 1 fully saturated rings. The van der Waals surface area contributed by atoms with Crippen LogP contribution < -0.4 is 5.32 Å². The van der Waals surface area contributed by atoms with Gasteiger partial charge in [-0.25, -0.2) is 0 Å². The van der Waals surface area contributed by atoms with E-state index in [1.807, 2.05) is 0 Å². The molecule has 0 radical (unpaired) electrons. The van der Waals surface area contributed by atoms with Gasteiger partial charge in [-0.3, -0.25) is 4.90 Å². The average molecular weight is 228 g/mol. The summed E-state index contributed by atoms with van der Waals surface area (Å²) in [4.78, 5) is 2.50. The Balaban J connectivity index is 2.12. The summed E-state index contributed by atoms with van der Waals surface area (Å²) in [6, 6.07) is 0.641. The van der Waals surface area contributed by atoms with Crippen molar-refractivity contribution in [3.05, 3.63) is 0 Å². The second-order valence-electron chi connectivity index (χ2n) is 5.47. The van der Waals surface area contributed by atoms with Crippen LogP contribution in [-0.4, -0.2) is 49.8 Å². The van der Waals surface area contributed by atoms with E-state index in [1.165, 1.54) is 6.42 Å². The van der Waals surface area contributed by atoms with E-state index < -0.39 is 0 Å². The van der Waals surface area contributed by atoms with Crippen molar-refractivity contribution in [2.24, 2.45) is 5.92 Å². The molecule has 0 aliphatic carbocycles. The normalized spacial score (nSPS) is 23.2. The number of hydrogen-bond acceptors (Lipinski definition) is 3. The number of rotatable bonds is 6. The van der Waals surface area contributed by atoms with Crippen molar-refractivity contribution in [2.45, 2.75) is 46.3 Å². The fraction of sp³-hybridized carbons (Fsp3) is 1.00. The van der Waals surface area contributed by atoms with Crippen LogP contribution in [0.15, 0.2) is 0 Å². The predicted octanol–water partition coefficient (Wildman–Crippen LogP) is 1.73. The van der Waals surface area contributed by atoms with Crippen LogP contribution in [0.2, 0.25) is 0 Å². The second-order valence-corrected chi connectivity index (χ2v) is 5.47. The lowest BCUT2D eigenvalue weighted by Crippen LogP contribution is -2.49. The molecule has 0 aromatic rings. The van der Waals surface area contributed by atoms with Crippen LogP contribution in [0, 0.1) is 5.92 Å². The molecule has 1 aliphatic rings. The minimum absolute atomic E-state index is 0.378. The Bertz CT molecular complexity index is 183. The maximum Gasteiger partial charge on any atom is 0.0826 e. The van der Waals surface area contributed by atoms with E-state index in [9.17, 15) is 0 Å². The zero-order chi connectivity index (χ0) is 12.0. The van der Waals surface area contributed by atoms with Gasteiger partial charge in [-0.15, -0.1) is 0 Å². The second kappa shape index (κ2) is 7.25. The van der Waals surface area contributed by atoms with Crippen molar-refractivity contribution in [3.8, 4) is 0 Å². The maximum atomic E-state index is 5.76. The van der Waals surface area contributed by atoms with Crippen molar-refractivity contribution in [1.29, 1.82) is 0 Å². The first-order valence-corrected chi connectivity index (χ1v) is 6.66. The molecule has 0 spiro atoms. The molecule has 1 atom stereocenters. The number of nitrogens with zero attached hydrogens (tertiary/aromatic N) is 1. The van der Waals surface area contributed by atoms with Crippen molar-refractivity contribution >= 4 is 0 Å². The number of nitrogens with one attached hydrogen (secondary N) is 1. The summed E-state index contributed by atoms with van der Waals surface area (Å²) in [5.74, 6) is 0.784. The summed E-state index contributed by atoms with van der Waals surface area (Å²) >= 11 is 0. The molecule has 3 heteroatoms. The predicted molar refractivity (Wildman–Crippen MR) is 68.8 cm³/mol. The largest absolute Gasteiger partial charge is 0.374 e. The molecule has 3 nitrogen and oxygen atoms in total. The first kappa shape index (κ1) is 13.9. The Morgan fingerprint density at radius 1 is 1.31 bits per heavy atom. The van der Waals surface area contributed by atoms with Gasteiger partial charge in [-0.05, 0) is 32.7 Å². The zero-order valence-corrected chi connectivity index (χ0v) is 11.3. The summed E-state index contributed by atoms with van der Waals surface area (Å²) in [7, 11) is 0. The van der Waals surface area contributed by atoms with Crippen LogP contribution in [0.25, 0.3) is 0 Å². The lowest BCUT2D eigenvalue weighted by atomic mass is 10.1. The van der Waals surface area contributed by atoms with E-state index >= 15 is 0 Å². The fourth-order valence-corrected chi connectivity index (χ4v) is 1.99. The van der Waals surface area contributed by atoms with Gasteiger partial charge in [0, 0.05) is 25.7 Å². The quantitative estimate of drug-likeness (QED) is 0.701. The summed E-state index contributed by atoms with van der Waals surface area (Å²) in [6.07, 6.45) is 1.63. The Labute approximate surface area is 101 Å². The van der Waals surface area contributed by atoms with E-state index in [0.717, 1.165) is 38.7 Å². The van der Waals surface area contributed by atoms with Crippen molar-refractivity contribution in [3.63, 3.8) is 0 Å². The third-order valence-electron chi connectivity index (χ3n) is 3.17. The molecule has 1 saturated heterocycles. The molecule has 1 aliphatic heterocycles. The molecule has 1 heterocycles. The van der Waals surface area contributed by atoms with Crippen LogP contribution in [0.1, 0.15) is 34.1 Å². The number of hydrogen-bond donors (Lipinski definition) is 1. The van der Waals surface area contributed by atoms with E-state index in [-0.39, 0.29) is 0 Å². The van der Waals surface area contributed by atoms with Crippen molar-refractivity contribution in [1.82, 2.24) is 10.2 Å². The smallest absolute Gasteiger partial charge is 0.0826 e. The molecular weight excluding hydrogens is 200 g/mol. The number of morpholine rings is 1. The molecule has 1 N–H and O–H groups in total. The molecule has 0 saturated carbocycles. The molecule has 1 unspecified atom stereocenters. The molecular formula is C13H28N2O. The van der Waals surface area contributed by atoms with Gasteiger partial charge in [0.25, 0.3) is 0 Å². The highest BCUT2D eigenvalue weighted by atomic mass is 16.5. The lowest BCUT2D eigenvalue weighted by Gasteiger charge is -2.35. The van der Waals surface area contributed by atoms with Gasteiger partial charge >= 0.3 is 0 Å². The third-order valence-corrected chi connectivity index (χ3v) is 3.17. The molecule has 16 heavy (non-hydrogen) atoms. The van der Waals surface area contributed by atoms with Crippen LogP contribution >= 0.6 is 0 Å². The summed E-state index contributed by atoms with van der Waals surface area (Å²) in [5.41, 5.74) is 0. The Kier molecular flexibility index (Phi) is 6.32. The molecule has 96 valence electrons. The highest BCUT2D eigenvalue weighted by Gasteiger charge is 2.21. The van der Waals surface area contributed by atoms with Gasteiger partial charge in [0.2, 0.25) is 0 Å². The highest BCUT2D eigenvalue weighted by molar-refractivity contribution is 4.75. The van der Waals surface area contributed by atoms with E-state index in [2.05, 4.69) is 37.9 Å². The van der Waals surface area contributed by atoms with Crippen LogP contribution in [0.4, 0.5) is 0 Å². The minimum atomic E-state index is 0.378. The minimum Gasteiger partial charge on any atom is -0.374 e. The maximum absolute atomic E-state index is 5.76. The van der Waals surface area contributed by atoms with Crippen LogP contribution in [0.5, 0.6) is 0 Å². The number of ether oxygens (including phenoxy) is 1. The lowest BCUT2D eigenvalue weighted by molar-refractivity contribution is -0.0371. The van der Waals surface area contributed by atoms with Gasteiger partial charge in [0.15, 0.2) is 0 Å². The van der Waals surface area contributed by atoms with Gasteiger partial charge in [0.05, 0.1) is 12.7 Å². The highest BCUT2D eigenvalue weighted by Crippen LogP contribution is 2.08. The van der Waals surface area contributed by atoms with E-state index in [0.29, 0.717) is 12.1 Å². The fourth-order valence-electron chi connectivity index (χ4n) is 1.99. The molecule has 0 bridgehead atoms. The topological polar surface area (TPSA) is 24.5 Å². The standard InChI is InChI=1S/C13H28N2O/c1-11(2)5-6-14-9-13-10-15(12(3)4)7-8-16-13/h11-14H,5-10H2,1-4H3. The van der Waals surface area contributed by atoms with Gasteiger partial charge in [-0.2, -0.15) is 0 Å². The monoisotopic (exact) mass is 228 g/mol. The van der Waals surface area contributed by atoms with Gasteiger partial charge in [-0.1, -0.05) is 13.8 Å². The SMILES string of the molecule is CC(C)CCNCC1CN(C(C)C)CCO1. The van der Waals surface area contributed by atoms with Crippen LogP contribution in [0.3, 0.4) is 0 Å². The first-order chi connectivity index (χ1) is 7.59. The Morgan fingerprint density at radius 2 is 2.06 bits per heavy atom.